The number of nitrogens with zero attached hydrogens (tertiary/aromatic N) is 1. The van der Waals surface area contributed by atoms with Crippen LogP contribution in [0.5, 0.6) is 0 Å². The summed E-state index contributed by atoms with van der Waals surface area (Å²) >= 11 is 5.37. The summed E-state index contributed by atoms with van der Waals surface area (Å²) in [4.78, 5) is 4.37. The van der Waals surface area contributed by atoms with Crippen LogP contribution in [0, 0.1) is 0 Å². The molecule has 102 valence electrons. The minimum Gasteiger partial charge on any atom is -0.314 e. The Bertz CT molecular complexity index is 333. The van der Waals surface area contributed by atoms with Crippen LogP contribution in [0.3, 0.4) is 0 Å². The van der Waals surface area contributed by atoms with E-state index in [0.29, 0.717) is 6.04 Å². The van der Waals surface area contributed by atoms with Gasteiger partial charge >= 0.3 is 0 Å². The third-order valence-corrected chi connectivity index (χ3v) is 4.83. The average Bonchev–Trinajstić information content (AvgIpc) is 2.40. The third-order valence-electron chi connectivity index (χ3n) is 2.84. The minimum atomic E-state index is 0.678. The van der Waals surface area contributed by atoms with Crippen LogP contribution in [0.15, 0.2) is 27.8 Å². The molecule has 0 radical (unpaired) electrons. The first kappa shape index (κ1) is 16.0. The summed E-state index contributed by atoms with van der Waals surface area (Å²) in [5.74, 6) is 1.14. The minimum absolute atomic E-state index is 0.678. The zero-order valence-corrected chi connectivity index (χ0v) is 13.7. The molecule has 0 fully saturated rings. The van der Waals surface area contributed by atoms with Gasteiger partial charge in [0.25, 0.3) is 0 Å². The largest absolute Gasteiger partial charge is 0.314 e. The first-order valence-corrected chi connectivity index (χ1v) is 8.52. The van der Waals surface area contributed by atoms with Crippen LogP contribution in [-0.2, 0) is 0 Å². The van der Waals surface area contributed by atoms with E-state index >= 15 is 0 Å². The van der Waals surface area contributed by atoms with E-state index in [1.54, 1.807) is 0 Å². The van der Waals surface area contributed by atoms with Crippen LogP contribution in [0.4, 0.5) is 0 Å². The van der Waals surface area contributed by atoms with E-state index in [0.717, 1.165) is 21.8 Å². The molecule has 1 aromatic rings. The second kappa shape index (κ2) is 9.82. The van der Waals surface area contributed by atoms with Crippen molar-refractivity contribution in [1.29, 1.82) is 0 Å². The molecule has 0 aromatic carbocycles. The molecule has 1 heterocycles. The number of nitrogens with one attached hydrogen (secondary N) is 1. The Balaban J connectivity index is 2.19. The van der Waals surface area contributed by atoms with Crippen molar-refractivity contribution in [3.63, 3.8) is 0 Å². The number of aromatic nitrogens is 1. The molecule has 18 heavy (non-hydrogen) atoms. The van der Waals surface area contributed by atoms with Gasteiger partial charge in [0.15, 0.2) is 0 Å². The van der Waals surface area contributed by atoms with Crippen LogP contribution in [0.1, 0.15) is 39.5 Å². The van der Waals surface area contributed by atoms with Gasteiger partial charge in [0.05, 0.1) is 0 Å². The molecule has 0 saturated carbocycles. The Morgan fingerprint density at radius 2 is 2.28 bits per heavy atom. The molecule has 1 rings (SSSR count). The highest BCUT2D eigenvalue weighted by atomic mass is 79.9. The fraction of sp³-hybridized carbons (Fsp3) is 0.643. The molecule has 1 atom stereocenters. The van der Waals surface area contributed by atoms with Gasteiger partial charge in [-0.15, -0.1) is 11.8 Å². The highest BCUT2D eigenvalue weighted by Gasteiger charge is 2.05. The Labute approximate surface area is 123 Å². The summed E-state index contributed by atoms with van der Waals surface area (Å²) in [5.41, 5.74) is 0. The van der Waals surface area contributed by atoms with Crippen molar-refractivity contribution < 1.29 is 0 Å². The lowest BCUT2D eigenvalue weighted by Gasteiger charge is -2.16. The monoisotopic (exact) mass is 330 g/mol. The van der Waals surface area contributed by atoms with Gasteiger partial charge in [0.1, 0.15) is 5.03 Å². The molecule has 1 aromatic heterocycles. The first-order chi connectivity index (χ1) is 8.77. The number of halogens is 1. The standard InChI is InChI=1S/C14H23BrN2S/c1-3-9-16-12(4-2)7-6-11-18-14-13(15)8-5-10-17-14/h5,8,10,12,16H,3-4,6-7,9,11H2,1-2H3. The van der Waals surface area contributed by atoms with E-state index in [-0.39, 0.29) is 0 Å². The molecule has 2 nitrogen and oxygen atoms in total. The van der Waals surface area contributed by atoms with Gasteiger partial charge < -0.3 is 5.32 Å². The summed E-state index contributed by atoms with van der Waals surface area (Å²) in [5, 5.41) is 4.70. The predicted molar refractivity (Wildman–Crippen MR) is 84.3 cm³/mol. The summed E-state index contributed by atoms with van der Waals surface area (Å²) < 4.78 is 1.10. The van der Waals surface area contributed by atoms with Crippen molar-refractivity contribution in [3.8, 4) is 0 Å². The van der Waals surface area contributed by atoms with Gasteiger partial charge in [-0.25, -0.2) is 4.98 Å². The molecule has 0 aliphatic rings. The van der Waals surface area contributed by atoms with Gasteiger partial charge in [0.2, 0.25) is 0 Å². The quantitative estimate of drug-likeness (QED) is 0.533. The van der Waals surface area contributed by atoms with Crippen LogP contribution < -0.4 is 5.32 Å². The van der Waals surface area contributed by atoms with Crippen molar-refractivity contribution in [2.45, 2.75) is 50.6 Å². The maximum Gasteiger partial charge on any atom is 0.110 e. The molecule has 0 bridgehead atoms. The topological polar surface area (TPSA) is 24.9 Å². The van der Waals surface area contributed by atoms with Crippen molar-refractivity contribution in [3.05, 3.63) is 22.8 Å². The number of rotatable bonds is 9. The maximum atomic E-state index is 4.37. The molecular weight excluding hydrogens is 308 g/mol. The Hall–Kier alpha value is -0.0600. The number of pyridine rings is 1. The van der Waals surface area contributed by atoms with Crippen LogP contribution in [-0.4, -0.2) is 23.3 Å². The molecule has 0 aliphatic heterocycles. The SMILES string of the molecule is CCCNC(CC)CCCSc1ncccc1Br. The van der Waals surface area contributed by atoms with Gasteiger partial charge in [-0.2, -0.15) is 0 Å². The zero-order chi connectivity index (χ0) is 13.2. The molecular formula is C14H23BrN2S. The number of hydrogen-bond acceptors (Lipinski definition) is 3. The van der Waals surface area contributed by atoms with E-state index < -0.39 is 0 Å². The zero-order valence-electron chi connectivity index (χ0n) is 11.3. The molecule has 0 amide bonds. The third kappa shape index (κ3) is 6.21. The van der Waals surface area contributed by atoms with Crippen LogP contribution >= 0.6 is 27.7 Å². The normalized spacial score (nSPS) is 12.6. The second-order valence-corrected chi connectivity index (χ2v) is 6.28. The summed E-state index contributed by atoms with van der Waals surface area (Å²) in [7, 11) is 0. The second-order valence-electron chi connectivity index (χ2n) is 4.34. The maximum absolute atomic E-state index is 4.37. The number of thioether (sulfide) groups is 1. The van der Waals surface area contributed by atoms with Gasteiger partial charge in [-0.3, -0.25) is 0 Å². The first-order valence-electron chi connectivity index (χ1n) is 6.74. The van der Waals surface area contributed by atoms with E-state index in [2.05, 4.69) is 40.1 Å². The van der Waals surface area contributed by atoms with E-state index in [4.69, 9.17) is 0 Å². The summed E-state index contributed by atoms with van der Waals surface area (Å²) in [6.07, 6.45) is 6.78. The van der Waals surface area contributed by atoms with Crippen molar-refractivity contribution in [1.82, 2.24) is 10.3 Å². The smallest absolute Gasteiger partial charge is 0.110 e. The summed E-state index contributed by atoms with van der Waals surface area (Å²) in [6, 6.07) is 4.68. The fourth-order valence-corrected chi connectivity index (χ4v) is 3.22. The molecule has 0 spiro atoms. The Morgan fingerprint density at radius 3 is 2.94 bits per heavy atom. The number of hydrogen-bond donors (Lipinski definition) is 1. The van der Waals surface area contributed by atoms with E-state index in [1.807, 2.05) is 30.1 Å². The Morgan fingerprint density at radius 1 is 1.44 bits per heavy atom. The van der Waals surface area contributed by atoms with E-state index in [1.165, 1.54) is 25.7 Å². The molecule has 4 heteroatoms. The molecule has 0 aliphatic carbocycles. The van der Waals surface area contributed by atoms with Crippen molar-refractivity contribution >= 4 is 27.7 Å². The van der Waals surface area contributed by atoms with Gasteiger partial charge in [-0.05, 0) is 66.0 Å². The van der Waals surface area contributed by atoms with Crippen LogP contribution in [0.2, 0.25) is 0 Å². The van der Waals surface area contributed by atoms with Crippen molar-refractivity contribution in [2.75, 3.05) is 12.3 Å². The molecule has 1 unspecified atom stereocenters. The lowest BCUT2D eigenvalue weighted by Crippen LogP contribution is -2.29. The lowest BCUT2D eigenvalue weighted by molar-refractivity contribution is 0.465. The van der Waals surface area contributed by atoms with Gasteiger partial charge in [0, 0.05) is 16.7 Å². The fourth-order valence-electron chi connectivity index (χ4n) is 1.77. The molecule has 1 N–H and O–H groups in total. The van der Waals surface area contributed by atoms with E-state index in [9.17, 15) is 0 Å². The Kier molecular flexibility index (Phi) is 8.72. The predicted octanol–water partition coefficient (Wildman–Crippen LogP) is 4.49. The van der Waals surface area contributed by atoms with Crippen molar-refractivity contribution in [2.24, 2.45) is 0 Å². The average molecular weight is 331 g/mol. The van der Waals surface area contributed by atoms with Gasteiger partial charge in [-0.1, -0.05) is 13.8 Å². The highest BCUT2D eigenvalue weighted by molar-refractivity contribution is 9.10. The highest BCUT2D eigenvalue weighted by Crippen LogP contribution is 2.25. The summed E-state index contributed by atoms with van der Waals surface area (Å²) in [6.45, 7) is 5.61. The molecule has 0 saturated heterocycles. The van der Waals surface area contributed by atoms with Crippen LogP contribution in [0.25, 0.3) is 0 Å². The lowest BCUT2D eigenvalue weighted by atomic mass is 10.1.